The number of thioether (sulfide) groups is 1. The molecule has 4 heterocycles. The summed E-state index contributed by atoms with van der Waals surface area (Å²) in [5.74, 6) is -1.58. The van der Waals surface area contributed by atoms with E-state index < -0.39 is 49.9 Å². The van der Waals surface area contributed by atoms with Crippen molar-refractivity contribution in [3.05, 3.63) is 10.4 Å². The average Bonchev–Trinajstić information content (AvgIpc) is 3.16. The van der Waals surface area contributed by atoms with Gasteiger partial charge >= 0.3 is 13.8 Å². The van der Waals surface area contributed by atoms with Crippen LogP contribution in [0.3, 0.4) is 0 Å². The van der Waals surface area contributed by atoms with Gasteiger partial charge < -0.3 is 31.3 Å². The monoisotopic (exact) mass is 464 g/mol. The number of imidazole rings is 1. The van der Waals surface area contributed by atoms with Gasteiger partial charge in [0.25, 0.3) is 5.56 Å². The summed E-state index contributed by atoms with van der Waals surface area (Å²) in [6, 6.07) is -1.23. The largest absolute Gasteiger partial charge is 0.480 e. The number of carboxylic acids is 1. The van der Waals surface area contributed by atoms with Gasteiger partial charge in [0, 0.05) is 5.75 Å². The van der Waals surface area contributed by atoms with Crippen molar-refractivity contribution in [1.29, 1.82) is 0 Å². The SMILES string of the molecule is Nc1nc2c(nc(SC[C@H](N)C(=O)O)n2[C@@H]2O[C@@H]3COP(=O)(O)O[C@H]3[C@H]2O)c(=O)[nH]1. The summed E-state index contributed by atoms with van der Waals surface area (Å²) in [5, 5.41) is 19.8. The Bertz CT molecular complexity index is 1110. The molecule has 2 saturated heterocycles. The first-order valence-electron chi connectivity index (χ1n) is 8.45. The molecule has 164 valence electrons. The van der Waals surface area contributed by atoms with E-state index in [-0.39, 0.29) is 34.6 Å². The van der Waals surface area contributed by atoms with Crippen LogP contribution in [0.15, 0.2) is 9.95 Å². The average molecular weight is 464 g/mol. The molecular formula is C13H17N6O9PS. The second kappa shape index (κ2) is 7.58. The van der Waals surface area contributed by atoms with E-state index in [0.717, 1.165) is 11.8 Å². The van der Waals surface area contributed by atoms with Crippen LogP contribution in [0, 0.1) is 0 Å². The topological polar surface area (TPSA) is 238 Å². The third-order valence-corrected chi connectivity index (χ3v) is 6.52. The molecule has 4 rings (SSSR count). The Balaban J connectivity index is 1.76. The highest BCUT2D eigenvalue weighted by atomic mass is 32.2. The normalized spacial score (nSPS) is 32.2. The van der Waals surface area contributed by atoms with Crippen LogP contribution in [0.25, 0.3) is 11.2 Å². The first-order chi connectivity index (χ1) is 14.1. The van der Waals surface area contributed by atoms with Crippen molar-refractivity contribution < 1.29 is 38.3 Å². The van der Waals surface area contributed by atoms with Gasteiger partial charge in [-0.05, 0) is 0 Å². The fraction of sp³-hybridized carbons (Fsp3) is 0.538. The standard InChI is InChI=1S/C13H17N6O9PS/c14-3(11(22)23)2-30-13-16-5-8(17-12(15)18-9(5)21)19(13)10-6(20)7-4(27-10)1-26-29(24,25)28-7/h3-4,6-7,10,20H,1-2,14H2,(H,22,23)(H,24,25)(H3,15,17,18,21)/t3-,4+,6+,7+,10+/m0/s1. The maximum Gasteiger partial charge on any atom is 0.472 e. The lowest BCUT2D eigenvalue weighted by Crippen LogP contribution is -2.39. The lowest BCUT2D eigenvalue weighted by molar-refractivity contribution is -0.137. The third kappa shape index (κ3) is 3.72. The Morgan fingerprint density at radius 3 is 2.90 bits per heavy atom. The molecule has 2 fully saturated rings. The number of carboxylic acid groups (broad SMARTS) is 1. The number of nitrogens with two attached hydrogens (primary N) is 2. The third-order valence-electron chi connectivity index (χ3n) is 4.47. The number of phosphoric ester groups is 1. The van der Waals surface area contributed by atoms with Crippen LogP contribution in [-0.4, -0.2) is 77.3 Å². The summed E-state index contributed by atoms with van der Waals surface area (Å²) in [7, 11) is -4.35. The maximum atomic E-state index is 12.2. The smallest absolute Gasteiger partial charge is 0.472 e. The molecule has 2 aliphatic rings. The van der Waals surface area contributed by atoms with Crippen LogP contribution >= 0.6 is 19.6 Å². The maximum absolute atomic E-state index is 12.2. The van der Waals surface area contributed by atoms with Crippen LogP contribution < -0.4 is 17.0 Å². The van der Waals surface area contributed by atoms with E-state index in [1.807, 2.05) is 0 Å². The minimum Gasteiger partial charge on any atom is -0.480 e. The molecule has 8 N–H and O–H groups in total. The van der Waals surface area contributed by atoms with E-state index >= 15 is 0 Å². The second-order valence-corrected chi connectivity index (χ2v) is 8.93. The molecule has 2 aromatic heterocycles. The Morgan fingerprint density at radius 1 is 1.47 bits per heavy atom. The summed E-state index contributed by atoms with van der Waals surface area (Å²) >= 11 is 0.891. The van der Waals surface area contributed by atoms with E-state index in [2.05, 4.69) is 15.0 Å². The molecule has 0 radical (unpaired) electrons. The minimum atomic E-state index is -4.35. The van der Waals surface area contributed by atoms with Crippen LogP contribution in [-0.2, 0) is 23.1 Å². The summed E-state index contributed by atoms with van der Waals surface area (Å²) in [6.07, 6.45) is -4.80. The van der Waals surface area contributed by atoms with Gasteiger partial charge in [0.1, 0.15) is 24.4 Å². The van der Waals surface area contributed by atoms with Gasteiger partial charge in [-0.25, -0.2) is 9.55 Å². The molecule has 0 saturated carbocycles. The van der Waals surface area contributed by atoms with Crippen molar-refractivity contribution in [2.75, 3.05) is 18.1 Å². The number of rotatable bonds is 5. The lowest BCUT2D eigenvalue weighted by Gasteiger charge is -2.27. The number of aromatic nitrogens is 4. The molecule has 0 bridgehead atoms. The van der Waals surface area contributed by atoms with Gasteiger partial charge in [-0.15, -0.1) is 0 Å². The number of nitrogens with zero attached hydrogens (tertiary/aromatic N) is 3. The van der Waals surface area contributed by atoms with E-state index in [4.69, 9.17) is 30.4 Å². The first-order valence-corrected chi connectivity index (χ1v) is 10.9. The molecule has 1 unspecified atom stereocenters. The van der Waals surface area contributed by atoms with Crippen LogP contribution in [0.5, 0.6) is 0 Å². The molecule has 2 aliphatic heterocycles. The van der Waals surface area contributed by atoms with Crippen molar-refractivity contribution in [3.8, 4) is 0 Å². The van der Waals surface area contributed by atoms with Gasteiger partial charge in [-0.1, -0.05) is 11.8 Å². The lowest BCUT2D eigenvalue weighted by atomic mass is 10.1. The van der Waals surface area contributed by atoms with Crippen molar-refractivity contribution >= 4 is 42.7 Å². The summed E-state index contributed by atoms with van der Waals surface area (Å²) in [4.78, 5) is 43.3. The van der Waals surface area contributed by atoms with Gasteiger partial charge in [0.2, 0.25) is 5.95 Å². The number of hydrogen-bond acceptors (Lipinski definition) is 12. The number of carbonyl (C=O) groups is 1. The van der Waals surface area contributed by atoms with Crippen molar-refractivity contribution in [2.45, 2.75) is 35.7 Å². The highest BCUT2D eigenvalue weighted by molar-refractivity contribution is 7.99. The number of ether oxygens (including phenoxy) is 1. The number of aliphatic hydroxyl groups is 1. The van der Waals surface area contributed by atoms with E-state index in [1.165, 1.54) is 4.57 Å². The molecule has 6 atom stereocenters. The fourth-order valence-corrected chi connectivity index (χ4v) is 5.02. The minimum absolute atomic E-state index is 0.0431. The fourth-order valence-electron chi connectivity index (χ4n) is 3.10. The number of anilines is 1. The number of aliphatic carboxylic acids is 1. The van der Waals surface area contributed by atoms with E-state index in [0.29, 0.717) is 0 Å². The van der Waals surface area contributed by atoms with Crippen LogP contribution in [0.1, 0.15) is 6.23 Å². The Labute approximate surface area is 170 Å². The second-order valence-electron chi connectivity index (χ2n) is 6.53. The molecule has 17 heteroatoms. The number of nitrogens with one attached hydrogen (secondary N) is 1. The van der Waals surface area contributed by atoms with Crippen molar-refractivity contribution in [1.82, 2.24) is 19.5 Å². The summed E-state index contributed by atoms with van der Waals surface area (Å²) in [5.41, 5.74) is 10.3. The number of fused-ring (bicyclic) bond motifs is 2. The summed E-state index contributed by atoms with van der Waals surface area (Å²) in [6.45, 7) is -0.318. The highest BCUT2D eigenvalue weighted by Crippen LogP contribution is 2.52. The number of aliphatic hydroxyl groups excluding tert-OH is 1. The predicted molar refractivity (Wildman–Crippen MR) is 99.5 cm³/mol. The van der Waals surface area contributed by atoms with Crippen LogP contribution in [0.2, 0.25) is 0 Å². The Hall–Kier alpha value is -2.04. The predicted octanol–water partition coefficient (Wildman–Crippen LogP) is -2.02. The quantitative estimate of drug-likeness (QED) is 0.207. The zero-order valence-corrected chi connectivity index (χ0v) is 16.7. The number of H-pyrrole nitrogens is 1. The molecular weight excluding hydrogens is 447 g/mol. The van der Waals surface area contributed by atoms with Crippen molar-refractivity contribution in [2.24, 2.45) is 5.73 Å². The van der Waals surface area contributed by atoms with Crippen molar-refractivity contribution in [3.63, 3.8) is 0 Å². The number of aromatic amines is 1. The molecule has 0 spiro atoms. The first kappa shape index (κ1) is 21.2. The van der Waals surface area contributed by atoms with Gasteiger partial charge in [-0.3, -0.25) is 28.2 Å². The molecule has 0 aromatic carbocycles. The molecule has 0 amide bonds. The van der Waals surface area contributed by atoms with E-state index in [1.54, 1.807) is 0 Å². The zero-order chi connectivity index (χ0) is 21.8. The molecule has 0 aliphatic carbocycles. The number of nitrogen functional groups attached to an aromatic ring is 1. The Kier molecular flexibility index (Phi) is 5.36. The highest BCUT2D eigenvalue weighted by Gasteiger charge is 2.53. The van der Waals surface area contributed by atoms with Gasteiger partial charge in [0.15, 0.2) is 22.5 Å². The summed E-state index contributed by atoms with van der Waals surface area (Å²) < 4.78 is 28.3. The molecule has 15 nitrogen and oxygen atoms in total. The zero-order valence-electron chi connectivity index (χ0n) is 14.9. The van der Waals surface area contributed by atoms with Crippen LogP contribution in [0.4, 0.5) is 5.95 Å². The Morgan fingerprint density at radius 2 is 2.20 bits per heavy atom. The van der Waals surface area contributed by atoms with Gasteiger partial charge in [-0.2, -0.15) is 4.98 Å². The van der Waals surface area contributed by atoms with Gasteiger partial charge in [0.05, 0.1) is 6.61 Å². The van der Waals surface area contributed by atoms with E-state index in [9.17, 15) is 24.2 Å². The number of phosphoric acid groups is 1. The molecule has 30 heavy (non-hydrogen) atoms. The molecule has 2 aromatic rings. The number of hydrogen-bond donors (Lipinski definition) is 6.